The molecule has 3 unspecified atom stereocenters. The maximum atomic E-state index is 11.3. The minimum atomic E-state index is -0.765. The first-order valence-corrected chi connectivity index (χ1v) is 6.68. The number of hydrogen-bond donors (Lipinski definition) is 3. The zero-order valence-corrected chi connectivity index (χ0v) is 10.5. The van der Waals surface area contributed by atoms with Crippen molar-refractivity contribution in [1.29, 1.82) is 0 Å². The van der Waals surface area contributed by atoms with Gasteiger partial charge in [0, 0.05) is 5.54 Å². The molecule has 2 fully saturated rings. The highest BCUT2D eigenvalue weighted by atomic mass is 16.4. The van der Waals surface area contributed by atoms with E-state index in [-0.39, 0.29) is 18.1 Å². The number of aliphatic hydroxyl groups excluding tert-OH is 1. The monoisotopic (exact) mass is 241 g/mol. The maximum absolute atomic E-state index is 11.3. The molecule has 0 amide bonds. The first kappa shape index (κ1) is 12.8. The van der Waals surface area contributed by atoms with Crippen LogP contribution in [0.25, 0.3) is 0 Å². The van der Waals surface area contributed by atoms with Crippen LogP contribution in [0.3, 0.4) is 0 Å². The summed E-state index contributed by atoms with van der Waals surface area (Å²) < 4.78 is 0. The van der Waals surface area contributed by atoms with E-state index in [1.54, 1.807) is 0 Å². The molecule has 2 saturated carbocycles. The van der Waals surface area contributed by atoms with E-state index in [1.165, 1.54) is 6.42 Å². The standard InChI is InChI=1S/C13H23NO3/c1-9-3-2-6-13(7-9,8-15)14-11(12(16)17)10-4-5-10/h9-11,14-15H,2-8H2,1H3,(H,16,17). The lowest BCUT2D eigenvalue weighted by atomic mass is 9.76. The smallest absolute Gasteiger partial charge is 0.321 e. The van der Waals surface area contributed by atoms with Gasteiger partial charge in [-0.25, -0.2) is 0 Å². The van der Waals surface area contributed by atoms with Crippen LogP contribution in [0, 0.1) is 11.8 Å². The van der Waals surface area contributed by atoms with Gasteiger partial charge in [-0.2, -0.15) is 0 Å². The Morgan fingerprint density at radius 2 is 2.18 bits per heavy atom. The quantitative estimate of drug-likeness (QED) is 0.680. The second-order valence-corrected chi connectivity index (χ2v) is 5.94. The largest absolute Gasteiger partial charge is 0.480 e. The predicted molar refractivity (Wildman–Crippen MR) is 64.7 cm³/mol. The van der Waals surface area contributed by atoms with Crippen LogP contribution in [0.1, 0.15) is 45.4 Å². The number of rotatable bonds is 5. The highest BCUT2D eigenvalue weighted by molar-refractivity contribution is 5.74. The van der Waals surface area contributed by atoms with Crippen molar-refractivity contribution < 1.29 is 15.0 Å². The van der Waals surface area contributed by atoms with Gasteiger partial charge in [-0.05, 0) is 37.5 Å². The van der Waals surface area contributed by atoms with Crippen molar-refractivity contribution in [3.8, 4) is 0 Å². The van der Waals surface area contributed by atoms with Gasteiger partial charge in [0.15, 0.2) is 0 Å². The molecule has 17 heavy (non-hydrogen) atoms. The lowest BCUT2D eigenvalue weighted by molar-refractivity contribution is -0.141. The van der Waals surface area contributed by atoms with E-state index in [0.29, 0.717) is 5.92 Å². The Labute approximate surface area is 102 Å². The fraction of sp³-hybridized carbons (Fsp3) is 0.923. The Kier molecular flexibility index (Phi) is 3.73. The van der Waals surface area contributed by atoms with Gasteiger partial charge in [0.05, 0.1) is 6.61 Å². The molecule has 0 aromatic carbocycles. The molecule has 0 radical (unpaired) electrons. The van der Waals surface area contributed by atoms with Crippen molar-refractivity contribution in [2.75, 3.05) is 6.61 Å². The summed E-state index contributed by atoms with van der Waals surface area (Å²) in [6, 6.07) is -0.465. The first-order chi connectivity index (χ1) is 8.06. The summed E-state index contributed by atoms with van der Waals surface area (Å²) in [6.45, 7) is 2.23. The number of carboxylic acids is 1. The first-order valence-electron chi connectivity index (χ1n) is 6.68. The highest BCUT2D eigenvalue weighted by Crippen LogP contribution is 2.37. The third kappa shape index (κ3) is 2.99. The fourth-order valence-electron chi connectivity index (χ4n) is 3.12. The average molecular weight is 241 g/mol. The van der Waals surface area contributed by atoms with Crippen LogP contribution in [-0.4, -0.2) is 34.4 Å². The summed E-state index contributed by atoms with van der Waals surface area (Å²) in [5.74, 6) is 0.0729. The summed E-state index contributed by atoms with van der Waals surface area (Å²) >= 11 is 0. The van der Waals surface area contributed by atoms with Gasteiger partial charge in [-0.15, -0.1) is 0 Å². The zero-order chi connectivity index (χ0) is 12.5. The molecule has 2 aliphatic carbocycles. The van der Waals surface area contributed by atoms with Crippen LogP contribution in [0.4, 0.5) is 0 Å². The van der Waals surface area contributed by atoms with Crippen LogP contribution in [0.2, 0.25) is 0 Å². The van der Waals surface area contributed by atoms with Gasteiger partial charge in [0.1, 0.15) is 6.04 Å². The second kappa shape index (κ2) is 4.94. The SMILES string of the molecule is CC1CCCC(CO)(NC(C(=O)O)C2CC2)C1. The Hall–Kier alpha value is -0.610. The summed E-state index contributed by atoms with van der Waals surface area (Å²) in [5.41, 5.74) is -0.358. The third-order valence-corrected chi connectivity index (χ3v) is 4.22. The van der Waals surface area contributed by atoms with Crippen LogP contribution in [-0.2, 0) is 4.79 Å². The van der Waals surface area contributed by atoms with Gasteiger partial charge in [0.25, 0.3) is 0 Å². The number of hydrogen-bond acceptors (Lipinski definition) is 3. The van der Waals surface area contributed by atoms with Gasteiger partial charge < -0.3 is 10.2 Å². The molecular weight excluding hydrogens is 218 g/mol. The summed E-state index contributed by atoms with van der Waals surface area (Å²) in [5, 5.41) is 22.1. The van der Waals surface area contributed by atoms with Gasteiger partial charge >= 0.3 is 5.97 Å². The van der Waals surface area contributed by atoms with Crippen molar-refractivity contribution >= 4 is 5.97 Å². The molecule has 0 bridgehead atoms. The third-order valence-electron chi connectivity index (χ3n) is 4.22. The molecule has 2 aliphatic rings. The summed E-state index contributed by atoms with van der Waals surface area (Å²) in [6.07, 6.45) is 6.04. The minimum Gasteiger partial charge on any atom is -0.480 e. The molecular formula is C13H23NO3. The Bertz CT molecular complexity index is 290. The van der Waals surface area contributed by atoms with Crippen molar-refractivity contribution in [3.05, 3.63) is 0 Å². The number of aliphatic carboxylic acids is 1. The van der Waals surface area contributed by atoms with Crippen LogP contribution < -0.4 is 5.32 Å². The van der Waals surface area contributed by atoms with Crippen LogP contribution in [0.15, 0.2) is 0 Å². The lowest BCUT2D eigenvalue weighted by Gasteiger charge is -2.41. The Balaban J connectivity index is 2.03. The average Bonchev–Trinajstić information content (AvgIpc) is 3.09. The van der Waals surface area contributed by atoms with Crippen LogP contribution >= 0.6 is 0 Å². The Morgan fingerprint density at radius 1 is 1.47 bits per heavy atom. The molecule has 2 rings (SSSR count). The van der Waals surface area contributed by atoms with Crippen molar-refractivity contribution in [3.63, 3.8) is 0 Å². The zero-order valence-electron chi connectivity index (χ0n) is 10.5. The molecule has 0 saturated heterocycles. The number of carbonyl (C=O) groups is 1. The molecule has 3 atom stereocenters. The van der Waals surface area contributed by atoms with E-state index in [4.69, 9.17) is 0 Å². The normalized spacial score (nSPS) is 35.5. The molecule has 0 aromatic rings. The topological polar surface area (TPSA) is 69.6 Å². The molecule has 0 spiro atoms. The molecule has 0 aromatic heterocycles. The highest BCUT2D eigenvalue weighted by Gasteiger charge is 2.43. The van der Waals surface area contributed by atoms with E-state index in [1.807, 2.05) is 0 Å². The molecule has 4 heteroatoms. The number of carboxylic acid groups (broad SMARTS) is 1. The van der Waals surface area contributed by atoms with E-state index in [0.717, 1.165) is 32.1 Å². The van der Waals surface area contributed by atoms with Crippen molar-refractivity contribution in [2.45, 2.75) is 57.0 Å². The fourth-order valence-corrected chi connectivity index (χ4v) is 3.12. The van der Waals surface area contributed by atoms with E-state index in [2.05, 4.69) is 12.2 Å². The molecule has 0 heterocycles. The van der Waals surface area contributed by atoms with Gasteiger partial charge in [0.2, 0.25) is 0 Å². The second-order valence-electron chi connectivity index (χ2n) is 5.94. The number of nitrogens with one attached hydrogen (secondary N) is 1. The molecule has 0 aliphatic heterocycles. The predicted octanol–water partition coefficient (Wildman–Crippen LogP) is 1.38. The molecule has 4 nitrogen and oxygen atoms in total. The summed E-state index contributed by atoms with van der Waals surface area (Å²) in [7, 11) is 0. The van der Waals surface area contributed by atoms with Gasteiger partial charge in [-0.1, -0.05) is 19.8 Å². The maximum Gasteiger partial charge on any atom is 0.321 e. The van der Waals surface area contributed by atoms with Crippen molar-refractivity contribution in [1.82, 2.24) is 5.32 Å². The molecule has 3 N–H and O–H groups in total. The van der Waals surface area contributed by atoms with Crippen LogP contribution in [0.5, 0.6) is 0 Å². The van der Waals surface area contributed by atoms with E-state index < -0.39 is 12.0 Å². The lowest BCUT2D eigenvalue weighted by Crippen LogP contribution is -2.58. The van der Waals surface area contributed by atoms with E-state index >= 15 is 0 Å². The summed E-state index contributed by atoms with van der Waals surface area (Å²) in [4.78, 5) is 11.3. The molecule has 98 valence electrons. The van der Waals surface area contributed by atoms with Crippen molar-refractivity contribution in [2.24, 2.45) is 11.8 Å². The van der Waals surface area contributed by atoms with Gasteiger partial charge in [-0.3, -0.25) is 10.1 Å². The van der Waals surface area contributed by atoms with E-state index in [9.17, 15) is 15.0 Å². The Morgan fingerprint density at radius 3 is 2.65 bits per heavy atom. The number of aliphatic hydroxyl groups is 1. The minimum absolute atomic E-state index is 0.0494.